The van der Waals surface area contributed by atoms with Gasteiger partial charge in [0.15, 0.2) is 0 Å². The first-order chi connectivity index (χ1) is 7.14. The van der Waals surface area contributed by atoms with Crippen LogP contribution >= 0.6 is 19.2 Å². The Labute approximate surface area is 95.8 Å². The summed E-state index contributed by atoms with van der Waals surface area (Å²) in [5.41, 5.74) is 0. The summed E-state index contributed by atoms with van der Waals surface area (Å²) in [7, 11) is -3.31. The molecule has 0 saturated heterocycles. The molecule has 0 fully saturated rings. The lowest BCUT2D eigenvalue weighted by Gasteiger charge is -2.18. The lowest BCUT2D eigenvalue weighted by Crippen LogP contribution is -1.99. The van der Waals surface area contributed by atoms with Gasteiger partial charge in [0.1, 0.15) is 0 Å². The van der Waals surface area contributed by atoms with E-state index in [-0.39, 0.29) is 18.5 Å². The van der Waals surface area contributed by atoms with Gasteiger partial charge in [-0.15, -0.1) is 11.6 Å². The molecule has 0 aromatic carbocycles. The minimum Gasteiger partial charge on any atom is -0.515 e. The van der Waals surface area contributed by atoms with Crippen LogP contribution < -0.4 is 0 Å². The quantitative estimate of drug-likeness (QED) is 0.409. The zero-order chi connectivity index (χ0) is 11.7. The molecule has 0 bridgehead atoms. The summed E-state index contributed by atoms with van der Waals surface area (Å²) in [6, 6.07) is 0. The molecule has 0 aromatic heterocycles. The average Bonchev–Trinajstić information content (AvgIpc) is 2.19. The summed E-state index contributed by atoms with van der Waals surface area (Å²) in [5, 5.41) is 9.29. The molecule has 0 aromatic rings. The molecule has 0 aliphatic rings. The molecule has 0 saturated carbocycles. The highest BCUT2D eigenvalue weighted by Crippen LogP contribution is 2.57. The maximum absolute atomic E-state index is 12.1. The van der Waals surface area contributed by atoms with Crippen molar-refractivity contribution in [1.29, 1.82) is 0 Å². The van der Waals surface area contributed by atoms with Crippen molar-refractivity contribution in [1.82, 2.24) is 0 Å². The fourth-order valence-electron chi connectivity index (χ4n) is 1.06. The van der Waals surface area contributed by atoms with Gasteiger partial charge in [-0.1, -0.05) is 0 Å². The van der Waals surface area contributed by atoms with Gasteiger partial charge in [-0.05, 0) is 26.7 Å². The second-order valence-electron chi connectivity index (χ2n) is 2.75. The molecule has 0 aliphatic heterocycles. The van der Waals surface area contributed by atoms with Gasteiger partial charge >= 0.3 is 7.60 Å². The van der Waals surface area contributed by atoms with Gasteiger partial charge in [0.05, 0.1) is 24.8 Å². The van der Waals surface area contributed by atoms with Gasteiger partial charge in [0.2, 0.25) is 0 Å². The predicted octanol–water partition coefficient (Wildman–Crippen LogP) is 3.67. The van der Waals surface area contributed by atoms with E-state index in [0.717, 1.165) is 6.26 Å². The second-order valence-corrected chi connectivity index (χ2v) is 5.21. The Morgan fingerprint density at radius 3 is 2.27 bits per heavy atom. The topological polar surface area (TPSA) is 55.8 Å². The molecule has 0 aliphatic carbocycles. The van der Waals surface area contributed by atoms with Crippen molar-refractivity contribution >= 4 is 19.2 Å². The van der Waals surface area contributed by atoms with E-state index in [0.29, 0.717) is 18.7 Å². The summed E-state index contributed by atoms with van der Waals surface area (Å²) in [6.07, 6.45) is 1.84. The number of aliphatic hydroxyl groups excluding tert-OH is 1. The Morgan fingerprint density at radius 2 is 1.93 bits per heavy atom. The Morgan fingerprint density at radius 1 is 1.40 bits per heavy atom. The van der Waals surface area contributed by atoms with Crippen LogP contribution in [0, 0.1) is 0 Å². The molecule has 6 heteroatoms. The van der Waals surface area contributed by atoms with Gasteiger partial charge in [0, 0.05) is 5.88 Å². The van der Waals surface area contributed by atoms with Crippen molar-refractivity contribution in [2.45, 2.75) is 26.7 Å². The number of aliphatic hydroxyl groups is 1. The molecule has 0 atom stereocenters. The Hall–Kier alpha value is -0.0200. The van der Waals surface area contributed by atoms with E-state index in [1.165, 1.54) is 0 Å². The van der Waals surface area contributed by atoms with Crippen LogP contribution in [0.2, 0.25) is 0 Å². The molecule has 4 nitrogen and oxygen atoms in total. The average molecular weight is 257 g/mol. The van der Waals surface area contributed by atoms with Crippen molar-refractivity contribution in [3.63, 3.8) is 0 Å². The third-order valence-electron chi connectivity index (χ3n) is 1.67. The minimum atomic E-state index is -3.31. The lowest BCUT2D eigenvalue weighted by atomic mass is 10.3. The van der Waals surface area contributed by atoms with E-state index in [9.17, 15) is 4.57 Å². The van der Waals surface area contributed by atoms with E-state index in [1.807, 2.05) is 0 Å². The van der Waals surface area contributed by atoms with Gasteiger partial charge in [-0.25, -0.2) is 0 Å². The summed E-state index contributed by atoms with van der Waals surface area (Å²) in [4.78, 5) is 0. The maximum atomic E-state index is 12.1. The summed E-state index contributed by atoms with van der Waals surface area (Å²) >= 11 is 5.53. The minimum absolute atomic E-state index is 0.273. The molecule has 15 heavy (non-hydrogen) atoms. The third-order valence-corrected chi connectivity index (χ3v) is 4.17. The largest absolute Gasteiger partial charge is 0.515 e. The van der Waals surface area contributed by atoms with Gasteiger partial charge < -0.3 is 14.2 Å². The van der Waals surface area contributed by atoms with Crippen molar-refractivity contribution in [2.24, 2.45) is 0 Å². The highest BCUT2D eigenvalue weighted by atomic mass is 35.5. The molecular weight excluding hydrogens is 239 g/mol. The van der Waals surface area contributed by atoms with Crippen LogP contribution in [0.15, 0.2) is 11.6 Å². The lowest BCUT2D eigenvalue weighted by molar-refractivity contribution is 0.224. The van der Waals surface area contributed by atoms with Gasteiger partial charge in [0.25, 0.3) is 0 Å². The van der Waals surface area contributed by atoms with Gasteiger partial charge in [-0.2, -0.15) is 0 Å². The monoisotopic (exact) mass is 256 g/mol. The zero-order valence-electron chi connectivity index (χ0n) is 9.11. The smallest absolute Gasteiger partial charge is 0.360 e. The fourth-order valence-corrected chi connectivity index (χ4v) is 2.86. The molecule has 0 radical (unpaired) electrons. The maximum Gasteiger partial charge on any atom is 0.360 e. The first kappa shape index (κ1) is 15.0. The first-order valence-corrected chi connectivity index (χ1v) is 7.01. The predicted molar refractivity (Wildman–Crippen MR) is 61.5 cm³/mol. The molecule has 90 valence electrons. The van der Waals surface area contributed by atoms with Crippen LogP contribution in [0.5, 0.6) is 0 Å². The van der Waals surface area contributed by atoms with Crippen molar-refractivity contribution in [2.75, 3.05) is 19.1 Å². The van der Waals surface area contributed by atoms with Crippen LogP contribution in [0.1, 0.15) is 26.7 Å². The number of hydrogen-bond acceptors (Lipinski definition) is 4. The molecular formula is C9H18ClO4P. The van der Waals surface area contributed by atoms with Crippen molar-refractivity contribution < 1.29 is 18.7 Å². The van der Waals surface area contributed by atoms with Crippen LogP contribution in [0.4, 0.5) is 0 Å². The number of rotatable bonds is 8. The van der Waals surface area contributed by atoms with Crippen molar-refractivity contribution in [3.05, 3.63) is 11.6 Å². The van der Waals surface area contributed by atoms with Crippen LogP contribution in [0.25, 0.3) is 0 Å². The molecule has 0 spiro atoms. The van der Waals surface area contributed by atoms with Crippen molar-refractivity contribution in [3.8, 4) is 0 Å². The Bertz CT molecular complexity index is 232. The van der Waals surface area contributed by atoms with Gasteiger partial charge in [-0.3, -0.25) is 4.57 Å². The van der Waals surface area contributed by atoms with E-state index >= 15 is 0 Å². The summed E-state index contributed by atoms with van der Waals surface area (Å²) in [5.74, 6) is 0.440. The first-order valence-electron chi connectivity index (χ1n) is 4.93. The fraction of sp³-hybridized carbons (Fsp3) is 0.778. The van der Waals surface area contributed by atoms with Crippen LogP contribution in [-0.2, 0) is 13.6 Å². The van der Waals surface area contributed by atoms with Crippen LogP contribution in [-0.4, -0.2) is 24.2 Å². The highest BCUT2D eigenvalue weighted by Gasteiger charge is 2.29. The third kappa shape index (κ3) is 5.03. The number of alkyl halides is 1. The Kier molecular flexibility index (Phi) is 8.16. The van der Waals surface area contributed by atoms with E-state index in [2.05, 4.69) is 0 Å². The normalized spacial score (nSPS) is 13.1. The van der Waals surface area contributed by atoms with Crippen LogP contribution in [0.3, 0.4) is 0 Å². The van der Waals surface area contributed by atoms with E-state index < -0.39 is 7.60 Å². The summed E-state index contributed by atoms with van der Waals surface area (Å²) < 4.78 is 22.3. The molecule has 0 amide bonds. The second kappa shape index (κ2) is 8.17. The van der Waals surface area contributed by atoms with E-state index in [4.69, 9.17) is 25.8 Å². The number of hydrogen-bond donors (Lipinski definition) is 1. The summed E-state index contributed by atoms with van der Waals surface area (Å²) in [6.45, 7) is 4.00. The standard InChI is InChI=1S/C9H18ClO4P/c1-3-13-15(12,14-4-2)9(8-11)6-5-7-10/h8,11H,3-7H2,1-2H3/b9-8+. The Balaban J connectivity index is 4.63. The molecule has 0 unspecified atom stereocenters. The molecule has 0 heterocycles. The zero-order valence-corrected chi connectivity index (χ0v) is 10.8. The SMILES string of the molecule is CCOP(=O)(OCC)/C(=C/O)CCCCl. The molecule has 0 rings (SSSR count). The highest BCUT2D eigenvalue weighted by molar-refractivity contribution is 7.58. The number of halogens is 1. The van der Waals surface area contributed by atoms with E-state index in [1.54, 1.807) is 13.8 Å². The molecule has 1 N–H and O–H groups in total. The number of allylic oxidation sites excluding steroid dienone is 1.